The maximum absolute atomic E-state index is 12.5. The Morgan fingerprint density at radius 2 is 2.26 bits per heavy atom. The summed E-state index contributed by atoms with van der Waals surface area (Å²) in [5.74, 6) is -0.0284. The fraction of sp³-hybridized carbons (Fsp3) is 0.571. The van der Waals surface area contributed by atoms with Gasteiger partial charge in [0.2, 0.25) is 5.91 Å². The van der Waals surface area contributed by atoms with E-state index in [1.165, 1.54) is 6.20 Å². The first-order valence-electron chi connectivity index (χ1n) is 6.61. The van der Waals surface area contributed by atoms with Gasteiger partial charge in [0.15, 0.2) is 5.75 Å². The van der Waals surface area contributed by atoms with Crippen molar-refractivity contribution < 1.29 is 14.6 Å². The molecule has 5 heteroatoms. The molecule has 1 aromatic heterocycles. The molecule has 1 heterocycles. The van der Waals surface area contributed by atoms with Gasteiger partial charge in [-0.05, 0) is 25.3 Å². The van der Waals surface area contributed by atoms with Crippen LogP contribution in [0.5, 0.6) is 5.75 Å². The smallest absolute Gasteiger partial charge is 0.230 e. The molecule has 104 valence electrons. The molecule has 1 saturated carbocycles. The van der Waals surface area contributed by atoms with Crippen molar-refractivity contribution in [3.63, 3.8) is 0 Å². The second-order valence-corrected chi connectivity index (χ2v) is 5.08. The number of hydrogen-bond donors (Lipinski definition) is 2. The number of aromatic nitrogens is 1. The molecule has 0 spiro atoms. The summed E-state index contributed by atoms with van der Waals surface area (Å²) < 4.78 is 5.11. The molecular formula is C14H20N2O3. The van der Waals surface area contributed by atoms with Crippen LogP contribution in [-0.2, 0) is 9.53 Å². The number of amides is 1. The van der Waals surface area contributed by atoms with Gasteiger partial charge in [-0.25, -0.2) is 0 Å². The number of rotatable bonds is 5. The van der Waals surface area contributed by atoms with Crippen LogP contribution in [0.25, 0.3) is 0 Å². The van der Waals surface area contributed by atoms with Gasteiger partial charge >= 0.3 is 0 Å². The van der Waals surface area contributed by atoms with E-state index in [9.17, 15) is 9.90 Å². The molecule has 1 aliphatic carbocycles. The predicted molar refractivity (Wildman–Crippen MR) is 71.9 cm³/mol. The lowest BCUT2D eigenvalue weighted by Crippen LogP contribution is -2.35. The second-order valence-electron chi connectivity index (χ2n) is 5.08. The number of hydrogen-bond acceptors (Lipinski definition) is 4. The molecule has 19 heavy (non-hydrogen) atoms. The van der Waals surface area contributed by atoms with Crippen LogP contribution >= 0.6 is 0 Å². The summed E-state index contributed by atoms with van der Waals surface area (Å²) in [7, 11) is 1.65. The van der Waals surface area contributed by atoms with Crippen molar-refractivity contribution >= 4 is 11.6 Å². The zero-order valence-electron chi connectivity index (χ0n) is 11.2. The quantitative estimate of drug-likeness (QED) is 0.856. The highest BCUT2D eigenvalue weighted by Crippen LogP contribution is 2.42. The maximum Gasteiger partial charge on any atom is 0.230 e. The summed E-state index contributed by atoms with van der Waals surface area (Å²) in [5.41, 5.74) is 0.0646. The number of carbonyl (C=O) groups is 1. The summed E-state index contributed by atoms with van der Waals surface area (Å²) in [6.07, 6.45) is 7.50. The Kier molecular flexibility index (Phi) is 4.37. The molecule has 1 fully saturated rings. The molecule has 5 nitrogen and oxygen atoms in total. The van der Waals surface area contributed by atoms with E-state index >= 15 is 0 Å². The highest BCUT2D eigenvalue weighted by atomic mass is 16.5. The number of nitrogens with zero attached hydrogens (tertiary/aromatic N) is 1. The van der Waals surface area contributed by atoms with Crippen LogP contribution in [0.2, 0.25) is 0 Å². The molecule has 0 radical (unpaired) electrons. The van der Waals surface area contributed by atoms with Gasteiger partial charge in [0.1, 0.15) is 0 Å². The number of carbonyl (C=O) groups excluding carboxylic acids is 1. The fourth-order valence-electron chi connectivity index (χ4n) is 2.69. The van der Waals surface area contributed by atoms with Crippen molar-refractivity contribution in [1.82, 2.24) is 4.98 Å². The maximum atomic E-state index is 12.5. The predicted octanol–water partition coefficient (Wildman–Crippen LogP) is 2.32. The minimum absolute atomic E-state index is 0.00395. The van der Waals surface area contributed by atoms with Gasteiger partial charge < -0.3 is 15.2 Å². The molecule has 1 amide bonds. The summed E-state index contributed by atoms with van der Waals surface area (Å²) >= 11 is 0. The summed E-state index contributed by atoms with van der Waals surface area (Å²) in [6.45, 7) is 0.579. The van der Waals surface area contributed by atoms with E-state index in [0.29, 0.717) is 12.3 Å². The normalized spacial score (nSPS) is 17.3. The molecule has 0 aliphatic heterocycles. The molecule has 2 N–H and O–H groups in total. The number of pyridine rings is 1. The lowest BCUT2D eigenvalue weighted by Gasteiger charge is -2.27. The number of methoxy groups -OCH3 is 1. The number of aromatic hydroxyl groups is 1. The van der Waals surface area contributed by atoms with Crippen molar-refractivity contribution in [3.8, 4) is 5.75 Å². The standard InChI is InChI=1S/C14H20N2O3/c1-19-9-7-14(5-2-3-6-14)13(18)16-11-4-8-15-10-12(11)17/h4,8,10,17H,2-3,5-7,9H2,1H3,(H,15,16,18). The zero-order valence-corrected chi connectivity index (χ0v) is 11.2. The third-order valence-corrected chi connectivity index (χ3v) is 3.88. The fourth-order valence-corrected chi connectivity index (χ4v) is 2.69. The Bertz CT molecular complexity index is 442. The van der Waals surface area contributed by atoms with Crippen LogP contribution in [0.3, 0.4) is 0 Å². The number of nitrogens with one attached hydrogen (secondary N) is 1. The van der Waals surface area contributed by atoms with Crippen molar-refractivity contribution in [1.29, 1.82) is 0 Å². The van der Waals surface area contributed by atoms with Crippen LogP contribution in [0.15, 0.2) is 18.5 Å². The minimum Gasteiger partial charge on any atom is -0.504 e. The lowest BCUT2D eigenvalue weighted by molar-refractivity contribution is -0.126. The molecule has 0 saturated heterocycles. The number of ether oxygens (including phenoxy) is 1. The monoisotopic (exact) mass is 264 g/mol. The lowest BCUT2D eigenvalue weighted by atomic mass is 9.82. The van der Waals surface area contributed by atoms with Crippen LogP contribution in [0, 0.1) is 5.41 Å². The molecular weight excluding hydrogens is 244 g/mol. The number of anilines is 1. The van der Waals surface area contributed by atoms with Gasteiger partial charge in [-0.3, -0.25) is 9.78 Å². The first-order chi connectivity index (χ1) is 9.18. The summed E-state index contributed by atoms with van der Waals surface area (Å²) in [6, 6.07) is 1.60. The topological polar surface area (TPSA) is 71.5 Å². The average Bonchev–Trinajstić information content (AvgIpc) is 2.89. The van der Waals surface area contributed by atoms with Crippen LogP contribution in [0.4, 0.5) is 5.69 Å². The first-order valence-corrected chi connectivity index (χ1v) is 6.61. The van der Waals surface area contributed by atoms with Crippen molar-refractivity contribution in [2.75, 3.05) is 19.0 Å². The Labute approximate surface area is 113 Å². The molecule has 0 atom stereocenters. The van der Waals surface area contributed by atoms with Gasteiger partial charge in [0.25, 0.3) is 0 Å². The van der Waals surface area contributed by atoms with E-state index in [2.05, 4.69) is 10.3 Å². The van der Waals surface area contributed by atoms with Gasteiger partial charge in [-0.1, -0.05) is 12.8 Å². The van der Waals surface area contributed by atoms with Gasteiger partial charge in [0.05, 0.1) is 17.3 Å². The van der Waals surface area contributed by atoms with E-state index in [4.69, 9.17) is 4.74 Å². The Hall–Kier alpha value is -1.62. The van der Waals surface area contributed by atoms with Gasteiger partial charge in [-0.2, -0.15) is 0 Å². The molecule has 0 unspecified atom stereocenters. The van der Waals surface area contributed by atoms with Gasteiger partial charge in [0, 0.05) is 19.9 Å². The summed E-state index contributed by atoms with van der Waals surface area (Å²) in [5, 5.41) is 12.5. The van der Waals surface area contributed by atoms with Crippen molar-refractivity contribution in [3.05, 3.63) is 18.5 Å². The van der Waals surface area contributed by atoms with E-state index in [1.54, 1.807) is 19.4 Å². The third kappa shape index (κ3) is 3.04. The van der Waals surface area contributed by atoms with E-state index in [1.807, 2.05) is 0 Å². The molecule has 1 aromatic rings. The molecule has 1 aliphatic rings. The average molecular weight is 264 g/mol. The highest BCUT2D eigenvalue weighted by Gasteiger charge is 2.40. The minimum atomic E-state index is -0.355. The highest BCUT2D eigenvalue weighted by molar-refractivity contribution is 5.96. The van der Waals surface area contributed by atoms with Gasteiger partial charge in [-0.15, -0.1) is 0 Å². The SMILES string of the molecule is COCCC1(C(=O)Nc2ccncc2O)CCCC1. The zero-order chi connectivity index (χ0) is 13.7. The van der Waals surface area contributed by atoms with E-state index in [0.717, 1.165) is 32.1 Å². The van der Waals surface area contributed by atoms with E-state index < -0.39 is 0 Å². The molecule has 0 bridgehead atoms. The third-order valence-electron chi connectivity index (χ3n) is 3.88. The molecule has 0 aromatic carbocycles. The Balaban J connectivity index is 2.10. The first kappa shape index (κ1) is 13.8. The largest absolute Gasteiger partial charge is 0.504 e. The second kappa shape index (κ2) is 6.02. The van der Waals surface area contributed by atoms with E-state index in [-0.39, 0.29) is 17.1 Å². The van der Waals surface area contributed by atoms with Crippen molar-refractivity contribution in [2.45, 2.75) is 32.1 Å². The van der Waals surface area contributed by atoms with Crippen LogP contribution < -0.4 is 5.32 Å². The van der Waals surface area contributed by atoms with Crippen LogP contribution in [0.1, 0.15) is 32.1 Å². The van der Waals surface area contributed by atoms with Crippen LogP contribution in [-0.4, -0.2) is 29.7 Å². The Morgan fingerprint density at radius 3 is 2.89 bits per heavy atom. The Morgan fingerprint density at radius 1 is 1.53 bits per heavy atom. The van der Waals surface area contributed by atoms with Crippen molar-refractivity contribution in [2.24, 2.45) is 5.41 Å². The summed E-state index contributed by atoms with van der Waals surface area (Å²) in [4.78, 5) is 16.3. The molecule has 2 rings (SSSR count).